The molecule has 5 atom stereocenters. The number of aromatic nitrogens is 2. The lowest BCUT2D eigenvalue weighted by atomic mass is 9.86. The minimum atomic E-state index is -2.48. The number of nitrogens with zero attached hydrogens (tertiary/aromatic N) is 2. The molecule has 0 saturated carbocycles. The lowest BCUT2D eigenvalue weighted by Gasteiger charge is -2.29. The van der Waals surface area contributed by atoms with Crippen LogP contribution in [0.15, 0.2) is 11.0 Å². The number of carbonyl (C=O) groups is 2. The number of nitrogens with two attached hydrogens (primary N) is 1. The summed E-state index contributed by atoms with van der Waals surface area (Å²) < 4.78 is 19.5. The first-order chi connectivity index (χ1) is 11.0. The molecule has 2 rings (SSSR count). The van der Waals surface area contributed by atoms with Gasteiger partial charge in [0.2, 0.25) is 0 Å². The summed E-state index contributed by atoms with van der Waals surface area (Å²) in [5.74, 6) is -3.39. The van der Waals surface area contributed by atoms with Gasteiger partial charge in [-0.25, -0.2) is 9.18 Å². The Balaban J connectivity index is 2.55. The Morgan fingerprint density at radius 2 is 2.12 bits per heavy atom. The van der Waals surface area contributed by atoms with Crippen LogP contribution in [-0.2, 0) is 14.3 Å². The van der Waals surface area contributed by atoms with Crippen LogP contribution in [0.25, 0.3) is 0 Å². The molecular formula is C13H15ClFN3O6. The van der Waals surface area contributed by atoms with Crippen LogP contribution in [0.2, 0.25) is 0 Å². The summed E-state index contributed by atoms with van der Waals surface area (Å²) in [6.45, 7) is 1.99. The van der Waals surface area contributed by atoms with E-state index in [1.54, 1.807) is 0 Å². The number of anilines is 1. The fourth-order valence-corrected chi connectivity index (χ4v) is 2.93. The highest BCUT2D eigenvalue weighted by molar-refractivity contribution is 6.24. The number of Topliss-reactive ketones (excluding diaryl/α,β-unsaturated/α-hetero) is 2. The number of halogens is 2. The number of aliphatic hydroxyl groups is 2. The Morgan fingerprint density at radius 3 is 2.62 bits per heavy atom. The predicted octanol–water partition coefficient (Wildman–Crippen LogP) is -1.26. The first-order valence-corrected chi connectivity index (χ1v) is 7.21. The van der Waals surface area contributed by atoms with Crippen LogP contribution in [0, 0.1) is 5.82 Å². The summed E-state index contributed by atoms with van der Waals surface area (Å²) in [6, 6.07) is 0. The number of hydrogen-bond donors (Lipinski definition) is 3. The second-order valence-corrected chi connectivity index (χ2v) is 5.92. The molecule has 0 radical (unpaired) electrons. The van der Waals surface area contributed by atoms with Gasteiger partial charge in [0.25, 0.3) is 0 Å². The number of ether oxygens (including phenoxy) is 1. The highest BCUT2D eigenvalue weighted by atomic mass is 35.5. The van der Waals surface area contributed by atoms with Crippen molar-refractivity contribution in [2.45, 2.75) is 43.3 Å². The summed E-state index contributed by atoms with van der Waals surface area (Å²) in [5, 5.41) is 18.9. The van der Waals surface area contributed by atoms with Gasteiger partial charge in [-0.2, -0.15) is 4.98 Å². The molecule has 1 unspecified atom stereocenters. The van der Waals surface area contributed by atoms with Gasteiger partial charge in [-0.1, -0.05) is 0 Å². The maximum atomic E-state index is 13.6. The number of rotatable bonds is 4. The largest absolute Gasteiger partial charge is 0.382 e. The first kappa shape index (κ1) is 18.5. The second-order valence-electron chi connectivity index (χ2n) is 5.45. The molecule has 0 aromatic carbocycles. The molecule has 1 aliphatic heterocycles. The average Bonchev–Trinajstić information content (AvgIpc) is 2.76. The van der Waals surface area contributed by atoms with Gasteiger partial charge in [0.1, 0.15) is 17.6 Å². The third kappa shape index (κ3) is 2.71. The maximum Gasteiger partial charge on any atom is 0.351 e. The molecule has 0 spiro atoms. The number of carbonyl (C=O) groups excluding carboxylic acids is 2. The van der Waals surface area contributed by atoms with E-state index in [0.29, 0.717) is 10.8 Å². The van der Waals surface area contributed by atoms with E-state index in [2.05, 4.69) is 4.98 Å². The number of nitrogen functional groups attached to an aromatic ring is 1. The van der Waals surface area contributed by atoms with Crippen LogP contribution in [0.4, 0.5) is 10.2 Å². The van der Waals surface area contributed by atoms with Crippen LogP contribution >= 0.6 is 11.6 Å². The quantitative estimate of drug-likeness (QED) is 0.562. The molecule has 0 amide bonds. The van der Waals surface area contributed by atoms with E-state index >= 15 is 0 Å². The summed E-state index contributed by atoms with van der Waals surface area (Å²) in [4.78, 5) is 38.4. The van der Waals surface area contributed by atoms with E-state index < -0.39 is 58.3 Å². The Kier molecular flexibility index (Phi) is 4.77. The molecule has 9 nitrogen and oxygen atoms in total. The van der Waals surface area contributed by atoms with E-state index in [9.17, 15) is 29.0 Å². The van der Waals surface area contributed by atoms with Crippen molar-refractivity contribution in [1.29, 1.82) is 0 Å². The summed E-state index contributed by atoms with van der Waals surface area (Å²) in [7, 11) is 0. The molecule has 24 heavy (non-hydrogen) atoms. The Labute approximate surface area is 139 Å². The Hall–Kier alpha value is -1.88. The highest BCUT2D eigenvalue weighted by Gasteiger charge is 2.62. The predicted molar refractivity (Wildman–Crippen MR) is 78.7 cm³/mol. The standard InChI is InChI=1S/C13H15ClFN3O6/c1-4(19)7(21)9-13(23,5(2)20)8(14)11(24-9)18-3-6(15)10(16)17-12(18)22/h3,7-9,11,21,23H,1-2H3,(H2,16,17,22)/t7?,8-,9+,11+,13-/m0/s1. The van der Waals surface area contributed by atoms with Crippen LogP contribution in [0.3, 0.4) is 0 Å². The van der Waals surface area contributed by atoms with E-state index in [4.69, 9.17) is 22.1 Å². The fourth-order valence-electron chi connectivity index (χ4n) is 2.47. The minimum Gasteiger partial charge on any atom is -0.382 e. The van der Waals surface area contributed by atoms with Crippen molar-refractivity contribution in [3.63, 3.8) is 0 Å². The molecule has 1 aliphatic rings. The minimum absolute atomic E-state index is 0.587. The number of ketones is 2. The summed E-state index contributed by atoms with van der Waals surface area (Å²) in [5.41, 5.74) is 1.65. The van der Waals surface area contributed by atoms with Crippen molar-refractivity contribution in [3.8, 4) is 0 Å². The third-order valence-electron chi connectivity index (χ3n) is 3.87. The van der Waals surface area contributed by atoms with Crippen LogP contribution in [0.1, 0.15) is 20.1 Å². The van der Waals surface area contributed by atoms with Gasteiger partial charge in [-0.05, 0) is 13.8 Å². The maximum absolute atomic E-state index is 13.6. The summed E-state index contributed by atoms with van der Waals surface area (Å²) in [6.07, 6.45) is -4.54. The SMILES string of the molecule is CC(=O)C(O)[C@H]1O[C@@H](n2cc(F)c(N)nc2=O)[C@H](Cl)[C@@]1(O)C(C)=O. The fraction of sp³-hybridized carbons (Fsp3) is 0.538. The number of aliphatic hydroxyl groups excluding tert-OH is 1. The monoisotopic (exact) mass is 363 g/mol. The molecule has 1 saturated heterocycles. The lowest BCUT2D eigenvalue weighted by Crippen LogP contribution is -2.56. The van der Waals surface area contributed by atoms with E-state index in [1.807, 2.05) is 0 Å². The van der Waals surface area contributed by atoms with E-state index in [0.717, 1.165) is 13.8 Å². The molecule has 1 aromatic rings. The Bertz CT molecular complexity index is 756. The number of hydrogen-bond acceptors (Lipinski definition) is 8. The van der Waals surface area contributed by atoms with Crippen molar-refractivity contribution in [2.75, 3.05) is 5.73 Å². The average molecular weight is 364 g/mol. The first-order valence-electron chi connectivity index (χ1n) is 6.77. The van der Waals surface area contributed by atoms with Crippen LogP contribution in [-0.4, -0.2) is 54.5 Å². The Morgan fingerprint density at radius 1 is 1.54 bits per heavy atom. The smallest absolute Gasteiger partial charge is 0.351 e. The molecular weight excluding hydrogens is 349 g/mol. The van der Waals surface area contributed by atoms with Crippen LogP contribution in [0.5, 0.6) is 0 Å². The molecule has 1 aromatic heterocycles. The van der Waals surface area contributed by atoms with Crippen molar-refractivity contribution in [2.24, 2.45) is 0 Å². The third-order valence-corrected chi connectivity index (χ3v) is 4.41. The van der Waals surface area contributed by atoms with Crippen molar-refractivity contribution >= 4 is 29.0 Å². The summed E-state index contributed by atoms with van der Waals surface area (Å²) >= 11 is 6.06. The molecule has 2 heterocycles. The van der Waals surface area contributed by atoms with Gasteiger partial charge in [0, 0.05) is 0 Å². The van der Waals surface area contributed by atoms with Gasteiger partial charge in [-0.3, -0.25) is 14.2 Å². The van der Waals surface area contributed by atoms with Gasteiger partial charge in [-0.15, -0.1) is 11.6 Å². The normalized spacial score (nSPS) is 31.0. The topological polar surface area (TPSA) is 145 Å². The second kappa shape index (κ2) is 6.20. The molecule has 0 aliphatic carbocycles. The molecule has 0 bridgehead atoms. The number of alkyl halides is 1. The highest BCUT2D eigenvalue weighted by Crippen LogP contribution is 2.42. The van der Waals surface area contributed by atoms with Gasteiger partial charge < -0.3 is 20.7 Å². The van der Waals surface area contributed by atoms with Gasteiger partial charge >= 0.3 is 5.69 Å². The van der Waals surface area contributed by atoms with Crippen LogP contribution < -0.4 is 11.4 Å². The van der Waals surface area contributed by atoms with E-state index in [1.165, 1.54) is 0 Å². The molecule has 4 N–H and O–H groups in total. The zero-order chi connectivity index (χ0) is 18.4. The molecule has 1 fully saturated rings. The van der Waals surface area contributed by atoms with Gasteiger partial charge in [0.05, 0.1) is 6.20 Å². The van der Waals surface area contributed by atoms with E-state index in [-0.39, 0.29) is 0 Å². The zero-order valence-corrected chi connectivity index (χ0v) is 13.4. The lowest BCUT2D eigenvalue weighted by molar-refractivity contribution is -0.158. The zero-order valence-electron chi connectivity index (χ0n) is 12.6. The molecule has 132 valence electrons. The van der Waals surface area contributed by atoms with Crippen molar-refractivity contribution < 1.29 is 28.9 Å². The van der Waals surface area contributed by atoms with Crippen molar-refractivity contribution in [1.82, 2.24) is 9.55 Å². The van der Waals surface area contributed by atoms with Crippen molar-refractivity contribution in [3.05, 3.63) is 22.5 Å². The van der Waals surface area contributed by atoms with Gasteiger partial charge in [0.15, 0.2) is 35.0 Å². The molecule has 11 heteroatoms.